The monoisotopic (exact) mass is 666 g/mol. The molecule has 0 aliphatic heterocycles. The topological polar surface area (TPSA) is 77.8 Å². The van der Waals surface area contributed by atoms with E-state index in [2.05, 4.69) is 78.9 Å². The number of hydrogen-bond donors (Lipinski definition) is 0. The third-order valence-electron chi connectivity index (χ3n) is 9.94. The van der Waals surface area contributed by atoms with E-state index >= 15 is 0 Å². The van der Waals surface area contributed by atoms with Gasteiger partial charge in [-0.05, 0) is 64.0 Å². The van der Waals surface area contributed by atoms with Crippen molar-refractivity contribution in [1.82, 2.24) is 19.9 Å². The molecule has 0 N–H and O–H groups in total. The predicted molar refractivity (Wildman–Crippen MR) is 209 cm³/mol. The minimum absolute atomic E-state index is 0.548. The van der Waals surface area contributed by atoms with Crippen LogP contribution in [0.2, 0.25) is 0 Å². The lowest BCUT2D eigenvalue weighted by Gasteiger charge is -2.14. The van der Waals surface area contributed by atoms with Gasteiger partial charge in [0.2, 0.25) is 0 Å². The zero-order valence-corrected chi connectivity index (χ0v) is 27.6. The average Bonchev–Trinajstić information content (AvgIpc) is 3.77. The lowest BCUT2D eigenvalue weighted by atomic mass is 9.95. The van der Waals surface area contributed by atoms with Gasteiger partial charge in [-0.3, -0.25) is 4.98 Å². The normalized spacial score (nSPS) is 11.8. The van der Waals surface area contributed by atoms with Crippen LogP contribution in [-0.2, 0) is 0 Å². The van der Waals surface area contributed by atoms with Crippen LogP contribution in [0.4, 0.5) is 0 Å². The fourth-order valence-corrected chi connectivity index (χ4v) is 7.53. The van der Waals surface area contributed by atoms with Crippen LogP contribution >= 0.6 is 0 Å². The molecule has 0 fully saturated rings. The largest absolute Gasteiger partial charge is 0.456 e. The highest BCUT2D eigenvalue weighted by Crippen LogP contribution is 2.42. The summed E-state index contributed by atoms with van der Waals surface area (Å²) >= 11 is 0. The Balaban J connectivity index is 1.23. The molecule has 0 aliphatic rings. The number of pyridine rings is 1. The number of rotatable bonds is 4. The van der Waals surface area contributed by atoms with E-state index in [0.29, 0.717) is 17.5 Å². The van der Waals surface area contributed by atoms with Crippen LogP contribution in [-0.4, -0.2) is 19.9 Å². The predicted octanol–water partition coefficient (Wildman–Crippen LogP) is 12.0. The van der Waals surface area contributed by atoms with Crippen LogP contribution in [0.5, 0.6) is 0 Å². The number of furan rings is 2. The summed E-state index contributed by atoms with van der Waals surface area (Å²) in [6.07, 6.45) is 1.82. The molecule has 4 aromatic heterocycles. The zero-order chi connectivity index (χ0) is 34.2. The van der Waals surface area contributed by atoms with Crippen LogP contribution in [0.25, 0.3) is 111 Å². The maximum absolute atomic E-state index is 6.49. The quantitative estimate of drug-likeness (QED) is 0.186. The summed E-state index contributed by atoms with van der Waals surface area (Å²) in [5.74, 6) is 1.69. The Morgan fingerprint density at radius 3 is 1.77 bits per heavy atom. The highest BCUT2D eigenvalue weighted by molar-refractivity contribution is 6.16. The molecule has 6 nitrogen and oxygen atoms in total. The Morgan fingerprint density at radius 2 is 0.962 bits per heavy atom. The molecule has 6 heteroatoms. The van der Waals surface area contributed by atoms with Gasteiger partial charge in [0.05, 0.1) is 11.1 Å². The van der Waals surface area contributed by atoms with Crippen molar-refractivity contribution in [2.75, 3.05) is 0 Å². The van der Waals surface area contributed by atoms with Crippen molar-refractivity contribution in [2.24, 2.45) is 0 Å². The Morgan fingerprint density at radius 1 is 0.365 bits per heavy atom. The number of hydrogen-bond acceptors (Lipinski definition) is 6. The molecule has 0 saturated carbocycles. The van der Waals surface area contributed by atoms with Gasteiger partial charge >= 0.3 is 0 Å². The average molecular weight is 667 g/mol. The van der Waals surface area contributed by atoms with E-state index < -0.39 is 0 Å². The van der Waals surface area contributed by atoms with E-state index in [-0.39, 0.29) is 0 Å². The standard InChI is InChI=1S/C46H26N4O2/c1-2-11-27(12-3-1)44-48-45(33-18-10-20-38-41(33)32-17-8-9-19-37(32)51-38)50-46(49-44)35-24-29-14-5-4-13-28(29)23-34(35)43-42-36-25-30-15-6-7-16-31(30)26-40(36)52-39(42)21-22-47-43/h1-26H. The van der Waals surface area contributed by atoms with E-state index in [0.717, 1.165) is 93.4 Å². The molecule has 0 atom stereocenters. The second-order valence-corrected chi connectivity index (χ2v) is 13.0. The molecule has 242 valence electrons. The Kier molecular flexibility index (Phi) is 6.15. The van der Waals surface area contributed by atoms with Crippen LogP contribution in [0.3, 0.4) is 0 Å². The molecule has 0 saturated heterocycles. The Bertz CT molecular complexity index is 3200. The van der Waals surface area contributed by atoms with Crippen molar-refractivity contribution in [2.45, 2.75) is 0 Å². The molecule has 0 bridgehead atoms. The van der Waals surface area contributed by atoms with E-state index in [1.807, 2.05) is 79.0 Å². The van der Waals surface area contributed by atoms with Gasteiger partial charge in [-0.2, -0.15) is 0 Å². The zero-order valence-electron chi connectivity index (χ0n) is 27.6. The molecule has 0 unspecified atom stereocenters. The van der Waals surface area contributed by atoms with Crippen molar-refractivity contribution in [3.05, 3.63) is 158 Å². The molecule has 0 radical (unpaired) electrons. The van der Waals surface area contributed by atoms with Crippen LogP contribution < -0.4 is 0 Å². The summed E-state index contributed by atoms with van der Waals surface area (Å²) in [5.41, 5.74) is 7.52. The van der Waals surface area contributed by atoms with Crippen molar-refractivity contribution < 1.29 is 8.83 Å². The molecular weight excluding hydrogens is 641 g/mol. The van der Waals surface area contributed by atoms with E-state index in [1.165, 1.54) is 0 Å². The molecule has 0 spiro atoms. The van der Waals surface area contributed by atoms with Crippen molar-refractivity contribution in [3.8, 4) is 45.4 Å². The Hall–Kier alpha value is -7.18. The van der Waals surface area contributed by atoms with E-state index in [4.69, 9.17) is 28.8 Å². The fraction of sp³-hybridized carbons (Fsp3) is 0. The van der Waals surface area contributed by atoms with Crippen LogP contribution in [0.1, 0.15) is 0 Å². The first kappa shape index (κ1) is 28.6. The molecule has 0 aliphatic carbocycles. The molecule has 4 heterocycles. The molecule has 7 aromatic carbocycles. The highest BCUT2D eigenvalue weighted by atomic mass is 16.3. The van der Waals surface area contributed by atoms with Crippen LogP contribution in [0.15, 0.2) is 167 Å². The maximum Gasteiger partial charge on any atom is 0.164 e. The third-order valence-corrected chi connectivity index (χ3v) is 9.94. The molecule has 11 rings (SSSR count). The van der Waals surface area contributed by atoms with Gasteiger partial charge in [-0.25, -0.2) is 15.0 Å². The lowest BCUT2D eigenvalue weighted by Crippen LogP contribution is -2.02. The number of aromatic nitrogens is 4. The number of fused-ring (bicyclic) bond motifs is 8. The van der Waals surface area contributed by atoms with Gasteiger partial charge in [-0.15, -0.1) is 0 Å². The summed E-state index contributed by atoms with van der Waals surface area (Å²) in [7, 11) is 0. The smallest absolute Gasteiger partial charge is 0.164 e. The van der Waals surface area contributed by atoms with E-state index in [9.17, 15) is 0 Å². The number of para-hydroxylation sites is 1. The first-order chi connectivity index (χ1) is 25.7. The molecule has 0 amide bonds. The molecular formula is C46H26N4O2. The second kappa shape index (κ2) is 11.2. The summed E-state index contributed by atoms with van der Waals surface area (Å²) in [6.45, 7) is 0. The minimum Gasteiger partial charge on any atom is -0.456 e. The van der Waals surface area contributed by atoms with Gasteiger partial charge in [-0.1, -0.05) is 109 Å². The summed E-state index contributed by atoms with van der Waals surface area (Å²) in [6, 6.07) is 51.5. The van der Waals surface area contributed by atoms with E-state index in [1.54, 1.807) is 0 Å². The van der Waals surface area contributed by atoms with Crippen molar-refractivity contribution >= 4 is 65.4 Å². The summed E-state index contributed by atoms with van der Waals surface area (Å²) in [4.78, 5) is 20.7. The molecule has 11 aromatic rings. The van der Waals surface area contributed by atoms with Gasteiger partial charge in [0.15, 0.2) is 17.5 Å². The van der Waals surface area contributed by atoms with Crippen molar-refractivity contribution in [3.63, 3.8) is 0 Å². The van der Waals surface area contributed by atoms with Crippen molar-refractivity contribution in [1.29, 1.82) is 0 Å². The lowest BCUT2D eigenvalue weighted by molar-refractivity contribution is 0.668. The number of benzene rings is 7. The van der Waals surface area contributed by atoms with Crippen LogP contribution in [0, 0.1) is 0 Å². The van der Waals surface area contributed by atoms with Gasteiger partial charge in [0, 0.05) is 44.6 Å². The van der Waals surface area contributed by atoms with Gasteiger partial charge in [0.25, 0.3) is 0 Å². The summed E-state index contributed by atoms with van der Waals surface area (Å²) in [5, 5.41) is 8.37. The van der Waals surface area contributed by atoms with Gasteiger partial charge in [0.1, 0.15) is 22.3 Å². The Labute approximate surface area is 296 Å². The minimum atomic E-state index is 0.548. The second-order valence-electron chi connectivity index (χ2n) is 13.0. The highest BCUT2D eigenvalue weighted by Gasteiger charge is 2.22. The maximum atomic E-state index is 6.49. The van der Waals surface area contributed by atoms with Gasteiger partial charge < -0.3 is 8.83 Å². The summed E-state index contributed by atoms with van der Waals surface area (Å²) < 4.78 is 12.8. The fourth-order valence-electron chi connectivity index (χ4n) is 7.53. The first-order valence-electron chi connectivity index (χ1n) is 17.2. The third kappa shape index (κ3) is 4.44. The first-order valence-corrected chi connectivity index (χ1v) is 17.2. The number of nitrogens with zero attached hydrogens (tertiary/aromatic N) is 4. The SMILES string of the molecule is c1ccc(-c2nc(-c3cc4ccccc4cc3-c3nccc4oc5cc6ccccc6cc5c34)nc(-c3cccc4oc5ccccc5c34)n2)cc1. The molecule has 52 heavy (non-hydrogen) atoms.